The molecule has 0 spiro atoms. The quantitative estimate of drug-likeness (QED) is 0.727. The first kappa shape index (κ1) is 14.2. The topological polar surface area (TPSA) is 95.3 Å². The molecule has 1 saturated carbocycles. The summed E-state index contributed by atoms with van der Waals surface area (Å²) in [5.41, 5.74) is -0.576. The van der Waals surface area contributed by atoms with Crippen molar-refractivity contribution in [2.45, 2.75) is 12.5 Å². The summed E-state index contributed by atoms with van der Waals surface area (Å²) >= 11 is 3.08. The number of rotatable bonds is 4. The van der Waals surface area contributed by atoms with Crippen molar-refractivity contribution in [2.24, 2.45) is 11.8 Å². The van der Waals surface area contributed by atoms with E-state index in [-0.39, 0.29) is 31.1 Å². The van der Waals surface area contributed by atoms with Crippen LogP contribution in [0.1, 0.15) is 18.0 Å². The molecule has 3 atom stereocenters. The van der Waals surface area contributed by atoms with Gasteiger partial charge in [-0.25, -0.2) is 4.79 Å². The lowest BCUT2D eigenvalue weighted by Crippen LogP contribution is -2.47. The summed E-state index contributed by atoms with van der Waals surface area (Å²) in [4.78, 5) is 27.2. The molecule has 1 heterocycles. The van der Waals surface area contributed by atoms with Crippen molar-refractivity contribution >= 4 is 22.0 Å². The smallest absolute Gasteiger partial charge is 0.328 e. The molecule has 6 nitrogen and oxygen atoms in total. The lowest BCUT2D eigenvalue weighted by atomic mass is 9.70. The SMILES string of the molecule is O=c1[nH]c(=O)n([C@H]2C[C@@H](CO)[C@H]2CO)cc1C=CBr. The van der Waals surface area contributed by atoms with Crippen LogP contribution >= 0.6 is 15.9 Å². The average Bonchev–Trinajstić information content (AvgIpc) is 2.34. The van der Waals surface area contributed by atoms with Crippen molar-refractivity contribution < 1.29 is 10.2 Å². The zero-order valence-electron chi connectivity index (χ0n) is 10.1. The number of aliphatic hydroxyl groups excluding tert-OH is 2. The van der Waals surface area contributed by atoms with E-state index >= 15 is 0 Å². The number of hydrogen-bond acceptors (Lipinski definition) is 4. The first-order valence-corrected chi connectivity index (χ1v) is 6.87. The van der Waals surface area contributed by atoms with Crippen LogP contribution in [0, 0.1) is 11.8 Å². The minimum atomic E-state index is -0.489. The molecule has 1 aromatic heterocycles. The molecule has 0 unspecified atom stereocenters. The van der Waals surface area contributed by atoms with E-state index < -0.39 is 11.2 Å². The molecular weight excluding hydrogens is 316 g/mol. The second-order valence-electron chi connectivity index (χ2n) is 4.64. The highest BCUT2D eigenvalue weighted by Gasteiger charge is 2.41. The molecular formula is C12H15BrN2O4. The van der Waals surface area contributed by atoms with E-state index in [1.54, 1.807) is 6.08 Å². The van der Waals surface area contributed by atoms with Crippen LogP contribution in [0.2, 0.25) is 0 Å². The second-order valence-corrected chi connectivity index (χ2v) is 5.16. The van der Waals surface area contributed by atoms with Crippen molar-refractivity contribution in [1.29, 1.82) is 0 Å². The molecule has 7 heteroatoms. The molecule has 1 aromatic rings. The Hall–Kier alpha value is -1.18. The van der Waals surface area contributed by atoms with Crippen LogP contribution in [-0.2, 0) is 0 Å². The zero-order chi connectivity index (χ0) is 14.0. The number of nitrogens with one attached hydrogen (secondary N) is 1. The Labute approximate surface area is 117 Å². The molecule has 0 saturated heterocycles. The number of aromatic nitrogens is 2. The number of aliphatic hydroxyl groups is 2. The van der Waals surface area contributed by atoms with Crippen LogP contribution in [-0.4, -0.2) is 33.0 Å². The second kappa shape index (κ2) is 5.85. The molecule has 0 radical (unpaired) electrons. The molecule has 1 aliphatic carbocycles. The van der Waals surface area contributed by atoms with Crippen LogP contribution in [0.3, 0.4) is 0 Å². The monoisotopic (exact) mass is 330 g/mol. The van der Waals surface area contributed by atoms with Gasteiger partial charge in [-0.3, -0.25) is 14.3 Å². The Kier molecular flexibility index (Phi) is 4.38. The molecule has 0 amide bonds. The van der Waals surface area contributed by atoms with Gasteiger partial charge in [-0.05, 0) is 23.4 Å². The van der Waals surface area contributed by atoms with Gasteiger partial charge in [0.2, 0.25) is 0 Å². The van der Waals surface area contributed by atoms with Gasteiger partial charge in [-0.1, -0.05) is 15.9 Å². The molecule has 0 aliphatic heterocycles. The van der Waals surface area contributed by atoms with Gasteiger partial charge in [0, 0.05) is 31.4 Å². The number of hydrogen-bond donors (Lipinski definition) is 3. The number of halogens is 1. The molecule has 0 aromatic carbocycles. The molecule has 0 bridgehead atoms. The van der Waals surface area contributed by atoms with E-state index in [0.717, 1.165) is 0 Å². The zero-order valence-corrected chi connectivity index (χ0v) is 11.7. The number of H-pyrrole nitrogens is 1. The highest BCUT2D eigenvalue weighted by molar-refractivity contribution is 9.11. The summed E-state index contributed by atoms with van der Waals surface area (Å²) in [5.74, 6) is -0.154. The van der Waals surface area contributed by atoms with Crippen molar-refractivity contribution in [3.05, 3.63) is 37.6 Å². The fourth-order valence-electron chi connectivity index (χ4n) is 2.51. The van der Waals surface area contributed by atoms with Gasteiger partial charge in [-0.2, -0.15) is 0 Å². The average molecular weight is 331 g/mol. The Bertz CT molecular complexity index is 592. The lowest BCUT2D eigenvalue weighted by Gasteiger charge is -2.43. The number of nitrogens with zero attached hydrogens (tertiary/aromatic N) is 1. The first-order valence-electron chi connectivity index (χ1n) is 5.96. The Balaban J connectivity index is 2.38. The van der Waals surface area contributed by atoms with E-state index in [0.29, 0.717) is 12.0 Å². The normalized spacial score (nSPS) is 26.6. The predicted molar refractivity (Wildman–Crippen MR) is 74.1 cm³/mol. The maximum absolute atomic E-state index is 11.8. The van der Waals surface area contributed by atoms with Crippen molar-refractivity contribution in [1.82, 2.24) is 9.55 Å². The molecule has 19 heavy (non-hydrogen) atoms. The van der Waals surface area contributed by atoms with E-state index in [1.807, 2.05) is 0 Å². The summed E-state index contributed by atoms with van der Waals surface area (Å²) in [7, 11) is 0. The van der Waals surface area contributed by atoms with Gasteiger partial charge in [0.15, 0.2) is 0 Å². The largest absolute Gasteiger partial charge is 0.396 e. The fraction of sp³-hybridized carbons (Fsp3) is 0.500. The minimum absolute atomic E-state index is 0.00370. The van der Waals surface area contributed by atoms with Crippen LogP contribution in [0.4, 0.5) is 0 Å². The third-order valence-electron chi connectivity index (χ3n) is 3.68. The van der Waals surface area contributed by atoms with Gasteiger partial charge in [0.05, 0.1) is 5.56 Å². The highest BCUT2D eigenvalue weighted by Crippen LogP contribution is 2.42. The van der Waals surface area contributed by atoms with E-state index in [4.69, 9.17) is 5.11 Å². The van der Waals surface area contributed by atoms with E-state index in [1.165, 1.54) is 15.7 Å². The lowest BCUT2D eigenvalue weighted by molar-refractivity contribution is -0.00876. The summed E-state index contributed by atoms with van der Waals surface area (Å²) in [6.07, 6.45) is 3.65. The minimum Gasteiger partial charge on any atom is -0.396 e. The van der Waals surface area contributed by atoms with Crippen LogP contribution in [0.25, 0.3) is 6.08 Å². The van der Waals surface area contributed by atoms with Gasteiger partial charge in [0.25, 0.3) is 5.56 Å². The van der Waals surface area contributed by atoms with Gasteiger partial charge in [0.1, 0.15) is 0 Å². The summed E-state index contributed by atoms with van der Waals surface area (Å²) < 4.78 is 1.43. The van der Waals surface area contributed by atoms with Crippen LogP contribution in [0.5, 0.6) is 0 Å². The summed E-state index contributed by atoms with van der Waals surface area (Å²) in [6, 6.07) is -0.186. The predicted octanol–water partition coefficient (Wildman–Crippen LogP) is 0.0640. The van der Waals surface area contributed by atoms with Gasteiger partial charge >= 0.3 is 5.69 Å². The highest BCUT2D eigenvalue weighted by atomic mass is 79.9. The van der Waals surface area contributed by atoms with Gasteiger partial charge < -0.3 is 10.2 Å². The standard InChI is InChI=1S/C12H15BrN2O4/c13-2-1-7-4-15(12(19)14-11(7)18)10-3-8(5-16)9(10)6-17/h1-2,4,8-10,16-17H,3,5-6H2,(H,14,18,19)/t8-,9+,10-/m0/s1. The van der Waals surface area contributed by atoms with Crippen molar-refractivity contribution in [3.63, 3.8) is 0 Å². The summed E-state index contributed by atoms with van der Waals surface area (Å²) in [6.45, 7) is -0.0981. The Morgan fingerprint density at radius 2 is 2.16 bits per heavy atom. The molecule has 1 fully saturated rings. The molecule has 1 aliphatic rings. The van der Waals surface area contributed by atoms with Gasteiger partial charge in [-0.15, -0.1) is 0 Å². The van der Waals surface area contributed by atoms with Crippen molar-refractivity contribution in [2.75, 3.05) is 13.2 Å². The number of aromatic amines is 1. The molecule has 2 rings (SSSR count). The fourth-order valence-corrected chi connectivity index (χ4v) is 2.80. The first-order chi connectivity index (χ1) is 9.12. The third-order valence-corrected chi connectivity index (χ3v) is 3.95. The Morgan fingerprint density at radius 1 is 1.42 bits per heavy atom. The summed E-state index contributed by atoms with van der Waals surface area (Å²) in [5, 5.41) is 18.4. The maximum atomic E-state index is 11.8. The Morgan fingerprint density at radius 3 is 2.74 bits per heavy atom. The third kappa shape index (κ3) is 2.58. The van der Waals surface area contributed by atoms with Crippen LogP contribution < -0.4 is 11.2 Å². The van der Waals surface area contributed by atoms with Crippen LogP contribution in [0.15, 0.2) is 20.8 Å². The van der Waals surface area contributed by atoms with Crippen molar-refractivity contribution in [3.8, 4) is 0 Å². The maximum Gasteiger partial charge on any atom is 0.328 e. The van der Waals surface area contributed by atoms with E-state index in [9.17, 15) is 14.7 Å². The van der Waals surface area contributed by atoms with E-state index in [2.05, 4.69) is 20.9 Å². The molecule has 3 N–H and O–H groups in total. The molecule has 104 valence electrons.